The second-order valence-corrected chi connectivity index (χ2v) is 11.5. The van der Waals surface area contributed by atoms with Gasteiger partial charge in [0.2, 0.25) is 5.76 Å². The van der Waals surface area contributed by atoms with Crippen LogP contribution in [0.1, 0.15) is 92.9 Å². The Balaban J connectivity index is 1.64. The number of carbonyl (C=O) groups excluding carboxylic acids is 1. The second kappa shape index (κ2) is 10.6. The molecule has 1 saturated carbocycles. The first-order valence-corrected chi connectivity index (χ1v) is 13.0. The number of halogens is 3. The van der Waals surface area contributed by atoms with Gasteiger partial charge >= 0.3 is 11.9 Å². The molecule has 0 aliphatic heterocycles. The van der Waals surface area contributed by atoms with Crippen LogP contribution in [0, 0.1) is 12.3 Å². The summed E-state index contributed by atoms with van der Waals surface area (Å²) >= 11 is 6.31. The Hall–Kier alpha value is -3.07. The van der Waals surface area contributed by atoms with Gasteiger partial charge in [0.25, 0.3) is 0 Å². The van der Waals surface area contributed by atoms with Gasteiger partial charge in [0.1, 0.15) is 5.78 Å². The lowest BCUT2D eigenvalue weighted by Crippen LogP contribution is -2.30. The number of aliphatic carboxylic acids is 1. The van der Waals surface area contributed by atoms with Gasteiger partial charge in [0.15, 0.2) is 11.5 Å². The highest BCUT2D eigenvalue weighted by atomic mass is 35.5. The average Bonchev–Trinajstić information content (AvgIpc) is 3.35. The number of aryl methyl sites for hydroxylation is 1. The minimum Gasteiger partial charge on any atom is -0.481 e. The number of alkyl halides is 2. The van der Waals surface area contributed by atoms with E-state index in [0.717, 1.165) is 24.5 Å². The fourth-order valence-corrected chi connectivity index (χ4v) is 4.75. The maximum Gasteiger partial charge on any atom is 0.312 e. The molecule has 0 bridgehead atoms. The highest BCUT2D eigenvalue weighted by Crippen LogP contribution is 2.50. The van der Waals surface area contributed by atoms with Gasteiger partial charge < -0.3 is 14.2 Å². The number of ketones is 1. The molecule has 0 saturated heterocycles. The molecule has 1 aliphatic carbocycles. The minimum absolute atomic E-state index is 0.0370. The van der Waals surface area contributed by atoms with Crippen molar-refractivity contribution in [2.45, 2.75) is 84.0 Å². The Labute approximate surface area is 224 Å². The van der Waals surface area contributed by atoms with Crippen LogP contribution in [0.15, 0.2) is 33.3 Å². The quantitative estimate of drug-likeness (QED) is 0.265. The molecule has 10 heteroatoms. The third kappa shape index (κ3) is 5.98. The maximum absolute atomic E-state index is 14.9. The third-order valence-corrected chi connectivity index (χ3v) is 7.25. The van der Waals surface area contributed by atoms with Crippen molar-refractivity contribution in [2.24, 2.45) is 5.41 Å². The molecule has 1 fully saturated rings. The van der Waals surface area contributed by atoms with Crippen LogP contribution >= 0.6 is 11.6 Å². The number of hydrogen-bond acceptors (Lipinski definition) is 6. The standard InChI is InChI=1S/C28H31ClF2N2O5/c1-15-5-6-17(20(29)11-15)12-19(34)13-18(9-10-23(35)36)25-24(16-7-8-16)26(38-33-25)21-14-22(37-32-21)28(30,31)27(2,3)4/h5-6,11,14,16,18H,7-10,12-13H2,1-4H3,(H,35,36)/t18-/m1/s1. The van der Waals surface area contributed by atoms with Crippen LogP contribution in [0.5, 0.6) is 0 Å². The lowest BCUT2D eigenvalue weighted by molar-refractivity contribution is -0.137. The molecule has 0 unspecified atom stereocenters. The van der Waals surface area contributed by atoms with E-state index in [1.165, 1.54) is 20.8 Å². The van der Waals surface area contributed by atoms with Crippen molar-refractivity contribution < 1.29 is 32.5 Å². The summed E-state index contributed by atoms with van der Waals surface area (Å²) in [4.78, 5) is 24.5. The lowest BCUT2D eigenvalue weighted by Gasteiger charge is -2.27. The molecular formula is C28H31ClF2N2O5. The number of Topliss-reactive ketones (excluding diaryl/α,β-unsaturated/α-hetero) is 1. The molecule has 38 heavy (non-hydrogen) atoms. The van der Waals surface area contributed by atoms with Crippen molar-refractivity contribution in [3.8, 4) is 11.5 Å². The summed E-state index contributed by atoms with van der Waals surface area (Å²) in [6.45, 7) is 6.13. The predicted molar refractivity (Wildman–Crippen MR) is 136 cm³/mol. The zero-order valence-electron chi connectivity index (χ0n) is 21.8. The fourth-order valence-electron chi connectivity index (χ4n) is 4.44. The number of rotatable bonds is 11. The van der Waals surface area contributed by atoms with Crippen LogP contribution in [0.2, 0.25) is 5.02 Å². The van der Waals surface area contributed by atoms with Gasteiger partial charge in [-0.1, -0.05) is 54.8 Å². The van der Waals surface area contributed by atoms with Crippen LogP contribution in [0.25, 0.3) is 11.5 Å². The third-order valence-electron chi connectivity index (χ3n) is 6.90. The Kier molecular flexibility index (Phi) is 7.79. The highest BCUT2D eigenvalue weighted by molar-refractivity contribution is 6.31. The van der Waals surface area contributed by atoms with E-state index < -0.39 is 29.0 Å². The number of carboxylic acid groups (broad SMARTS) is 1. The molecule has 1 aromatic carbocycles. The number of nitrogens with zero attached hydrogens (tertiary/aromatic N) is 2. The van der Waals surface area contributed by atoms with Crippen LogP contribution in [-0.4, -0.2) is 27.2 Å². The number of aromatic nitrogens is 2. The van der Waals surface area contributed by atoms with Crippen molar-refractivity contribution in [3.63, 3.8) is 0 Å². The molecule has 3 aromatic rings. The van der Waals surface area contributed by atoms with E-state index in [1.54, 1.807) is 12.1 Å². The summed E-state index contributed by atoms with van der Waals surface area (Å²) in [7, 11) is 0. The van der Waals surface area contributed by atoms with E-state index in [0.29, 0.717) is 21.8 Å². The number of carboxylic acids is 1. The minimum atomic E-state index is -3.27. The van der Waals surface area contributed by atoms with E-state index in [-0.39, 0.29) is 48.8 Å². The van der Waals surface area contributed by atoms with Crippen LogP contribution in [-0.2, 0) is 21.9 Å². The van der Waals surface area contributed by atoms with Gasteiger partial charge in [-0.3, -0.25) is 9.59 Å². The molecule has 0 radical (unpaired) electrons. The topological polar surface area (TPSA) is 106 Å². The SMILES string of the molecule is Cc1ccc(CC(=O)C[C@@H](CCC(=O)O)c2noc(-c3cc(C(F)(F)C(C)(C)C)on3)c2C2CC2)c(Cl)c1. The van der Waals surface area contributed by atoms with Crippen LogP contribution in [0.4, 0.5) is 8.78 Å². The molecule has 0 amide bonds. The van der Waals surface area contributed by atoms with E-state index in [9.17, 15) is 23.5 Å². The molecule has 204 valence electrons. The summed E-state index contributed by atoms with van der Waals surface area (Å²) in [6, 6.07) is 6.64. The summed E-state index contributed by atoms with van der Waals surface area (Å²) < 4.78 is 40.4. The lowest BCUT2D eigenvalue weighted by atomic mass is 9.86. The van der Waals surface area contributed by atoms with Crippen molar-refractivity contribution in [1.82, 2.24) is 10.3 Å². The Morgan fingerprint density at radius 1 is 1.16 bits per heavy atom. The first-order chi connectivity index (χ1) is 17.8. The van der Waals surface area contributed by atoms with E-state index in [1.807, 2.05) is 13.0 Å². The van der Waals surface area contributed by atoms with Crippen molar-refractivity contribution in [2.75, 3.05) is 0 Å². The number of benzene rings is 1. The Morgan fingerprint density at radius 3 is 2.47 bits per heavy atom. The zero-order chi connectivity index (χ0) is 27.8. The summed E-state index contributed by atoms with van der Waals surface area (Å²) in [6.07, 6.45) is 1.81. The fraction of sp³-hybridized carbons (Fsp3) is 0.500. The molecule has 2 aromatic heterocycles. The Morgan fingerprint density at radius 2 is 1.87 bits per heavy atom. The largest absolute Gasteiger partial charge is 0.481 e. The molecule has 0 spiro atoms. The first kappa shape index (κ1) is 28.0. The van der Waals surface area contributed by atoms with Gasteiger partial charge in [-0.05, 0) is 49.3 Å². The molecule has 2 heterocycles. The maximum atomic E-state index is 14.9. The van der Waals surface area contributed by atoms with Gasteiger partial charge in [-0.2, -0.15) is 8.78 Å². The second-order valence-electron chi connectivity index (χ2n) is 11.1. The normalized spacial score (nSPS) is 15.0. The molecule has 1 atom stereocenters. The summed E-state index contributed by atoms with van der Waals surface area (Å²) in [5, 5.41) is 17.9. The number of hydrogen-bond donors (Lipinski definition) is 1. The van der Waals surface area contributed by atoms with Crippen LogP contribution in [0.3, 0.4) is 0 Å². The monoisotopic (exact) mass is 548 g/mol. The molecule has 4 rings (SSSR count). The number of carbonyl (C=O) groups is 2. The van der Waals surface area contributed by atoms with Crippen molar-refractivity contribution >= 4 is 23.4 Å². The van der Waals surface area contributed by atoms with Gasteiger partial charge in [-0.25, -0.2) is 0 Å². The van der Waals surface area contributed by atoms with E-state index in [2.05, 4.69) is 10.3 Å². The highest BCUT2D eigenvalue weighted by Gasteiger charge is 2.49. The molecule has 7 nitrogen and oxygen atoms in total. The van der Waals surface area contributed by atoms with Gasteiger partial charge in [-0.15, -0.1) is 0 Å². The predicted octanol–water partition coefficient (Wildman–Crippen LogP) is 7.46. The van der Waals surface area contributed by atoms with Crippen molar-refractivity contribution in [3.05, 3.63) is 57.4 Å². The van der Waals surface area contributed by atoms with Crippen LogP contribution < -0.4 is 0 Å². The first-order valence-electron chi connectivity index (χ1n) is 12.6. The molecule has 1 aliphatic rings. The van der Waals surface area contributed by atoms with Crippen molar-refractivity contribution in [1.29, 1.82) is 0 Å². The van der Waals surface area contributed by atoms with E-state index >= 15 is 0 Å². The average molecular weight is 549 g/mol. The van der Waals surface area contributed by atoms with Gasteiger partial charge in [0.05, 0.1) is 5.69 Å². The smallest absolute Gasteiger partial charge is 0.312 e. The molecule has 1 N–H and O–H groups in total. The van der Waals surface area contributed by atoms with E-state index in [4.69, 9.17) is 20.6 Å². The molecular weight excluding hydrogens is 518 g/mol. The Bertz CT molecular complexity index is 1340. The summed E-state index contributed by atoms with van der Waals surface area (Å²) in [5.74, 6) is -5.21. The summed E-state index contributed by atoms with van der Waals surface area (Å²) in [5.41, 5.74) is 1.53. The zero-order valence-corrected chi connectivity index (χ0v) is 22.6. The van der Waals surface area contributed by atoms with Gasteiger partial charge in [0, 0.05) is 47.2 Å².